The van der Waals surface area contributed by atoms with E-state index in [-0.39, 0.29) is 6.54 Å². The van der Waals surface area contributed by atoms with E-state index in [2.05, 4.69) is 5.10 Å². The smallest absolute Gasteiger partial charge is 0.291 e. The zero-order valence-electron chi connectivity index (χ0n) is 6.24. The van der Waals surface area contributed by atoms with Gasteiger partial charge in [0, 0.05) is 7.05 Å². The van der Waals surface area contributed by atoms with E-state index < -0.39 is 9.92 Å². The third-order valence-corrected chi connectivity index (χ3v) is 2.13. The van der Waals surface area contributed by atoms with E-state index in [1.165, 1.54) is 5.01 Å². The summed E-state index contributed by atoms with van der Waals surface area (Å²) in [6.45, 7) is 1.69. The van der Waals surface area contributed by atoms with Crippen molar-refractivity contribution in [1.82, 2.24) is 5.01 Å². The average molecular weight is 178 g/mol. The molecule has 0 bridgehead atoms. The van der Waals surface area contributed by atoms with Crippen molar-refractivity contribution in [3.63, 3.8) is 0 Å². The van der Waals surface area contributed by atoms with Crippen molar-refractivity contribution in [2.45, 2.75) is 11.9 Å². The number of halogens is 1. The second-order valence-corrected chi connectivity index (χ2v) is 3.14. The van der Waals surface area contributed by atoms with Gasteiger partial charge in [-0.05, 0) is 18.5 Å². The number of likely N-dealkylation sites (N-methyl/N-ethyl adjacent to an activating group) is 1. The summed E-state index contributed by atoms with van der Waals surface area (Å²) < 4.78 is 0. The molecule has 0 aliphatic carbocycles. The number of nitrogens with zero attached hydrogens (tertiary/aromatic N) is 3. The van der Waals surface area contributed by atoms with Crippen LogP contribution in [-0.4, -0.2) is 34.2 Å². The molecule has 0 saturated carbocycles. The van der Waals surface area contributed by atoms with Gasteiger partial charge in [0.15, 0.2) is 0 Å². The Hall–Kier alpha value is -0.840. The molecule has 1 aliphatic heterocycles. The van der Waals surface area contributed by atoms with Crippen LogP contribution in [0.15, 0.2) is 5.10 Å². The predicted molar refractivity (Wildman–Crippen MR) is 41.3 cm³/mol. The summed E-state index contributed by atoms with van der Waals surface area (Å²) in [7, 11) is 1.65. The van der Waals surface area contributed by atoms with Crippen LogP contribution in [0.2, 0.25) is 0 Å². The molecule has 6 heteroatoms. The summed E-state index contributed by atoms with van der Waals surface area (Å²) in [6, 6.07) is 0. The number of alkyl halides is 1. The second-order valence-electron chi connectivity index (χ2n) is 2.52. The van der Waals surface area contributed by atoms with Crippen LogP contribution in [-0.2, 0) is 0 Å². The van der Waals surface area contributed by atoms with E-state index in [9.17, 15) is 10.1 Å². The highest BCUT2D eigenvalue weighted by Gasteiger charge is 2.49. The van der Waals surface area contributed by atoms with Gasteiger partial charge in [-0.25, -0.2) is 0 Å². The van der Waals surface area contributed by atoms with Crippen LogP contribution in [0.25, 0.3) is 0 Å². The molecule has 0 aromatic rings. The fraction of sp³-hybridized carbons (Fsp3) is 0.800. The first kappa shape index (κ1) is 8.26. The van der Waals surface area contributed by atoms with Crippen LogP contribution < -0.4 is 0 Å². The van der Waals surface area contributed by atoms with Crippen molar-refractivity contribution in [1.29, 1.82) is 0 Å². The topological polar surface area (TPSA) is 58.7 Å². The Balaban J connectivity index is 2.92. The molecule has 1 atom stereocenters. The van der Waals surface area contributed by atoms with Crippen LogP contribution in [0, 0.1) is 10.1 Å². The SMILES string of the molecule is CC1=NN(C)CC1(Cl)[N+](=O)[O-]. The summed E-state index contributed by atoms with van der Waals surface area (Å²) in [6.07, 6.45) is 0. The second kappa shape index (κ2) is 2.34. The summed E-state index contributed by atoms with van der Waals surface area (Å²) in [5.41, 5.74) is 0.340. The normalized spacial score (nSPS) is 30.5. The zero-order valence-corrected chi connectivity index (χ0v) is 7.00. The lowest BCUT2D eigenvalue weighted by Crippen LogP contribution is -2.41. The summed E-state index contributed by atoms with van der Waals surface area (Å²) in [5, 5.41) is 15.7. The lowest BCUT2D eigenvalue weighted by molar-refractivity contribution is -0.519. The van der Waals surface area contributed by atoms with Crippen LogP contribution in [0.5, 0.6) is 0 Å². The lowest BCUT2D eigenvalue weighted by Gasteiger charge is -2.11. The number of hydrazone groups is 1. The molecule has 11 heavy (non-hydrogen) atoms. The summed E-state index contributed by atoms with van der Waals surface area (Å²) in [5.74, 6) is 0. The Bertz CT molecular complexity index is 230. The van der Waals surface area contributed by atoms with Gasteiger partial charge in [-0.2, -0.15) is 5.10 Å². The number of rotatable bonds is 1. The van der Waals surface area contributed by atoms with E-state index >= 15 is 0 Å². The molecule has 1 unspecified atom stereocenters. The van der Waals surface area contributed by atoms with Gasteiger partial charge in [0.1, 0.15) is 12.3 Å². The van der Waals surface area contributed by atoms with E-state index in [4.69, 9.17) is 11.6 Å². The monoisotopic (exact) mass is 177 g/mol. The van der Waals surface area contributed by atoms with E-state index in [1.807, 2.05) is 0 Å². The molecule has 0 spiro atoms. The molecule has 0 fully saturated rings. The fourth-order valence-electron chi connectivity index (χ4n) is 0.976. The molecule has 1 rings (SSSR count). The maximum atomic E-state index is 10.4. The number of hydrogen-bond acceptors (Lipinski definition) is 4. The molecule has 0 saturated heterocycles. The first-order chi connectivity index (χ1) is 4.97. The Morgan fingerprint density at radius 1 is 1.91 bits per heavy atom. The van der Waals surface area contributed by atoms with Crippen LogP contribution in [0.3, 0.4) is 0 Å². The van der Waals surface area contributed by atoms with Gasteiger partial charge in [-0.3, -0.25) is 15.1 Å². The van der Waals surface area contributed by atoms with Crippen molar-refractivity contribution in [3.8, 4) is 0 Å². The van der Waals surface area contributed by atoms with Crippen molar-refractivity contribution in [2.75, 3.05) is 13.6 Å². The van der Waals surface area contributed by atoms with Crippen LogP contribution in [0.1, 0.15) is 6.92 Å². The van der Waals surface area contributed by atoms with Crippen LogP contribution >= 0.6 is 11.6 Å². The maximum absolute atomic E-state index is 10.4. The van der Waals surface area contributed by atoms with E-state index in [1.54, 1.807) is 14.0 Å². The van der Waals surface area contributed by atoms with Gasteiger partial charge in [-0.1, -0.05) is 0 Å². The molecule has 0 aromatic carbocycles. The van der Waals surface area contributed by atoms with Gasteiger partial charge in [0.2, 0.25) is 0 Å². The molecule has 0 aromatic heterocycles. The highest BCUT2D eigenvalue weighted by molar-refractivity contribution is 6.35. The predicted octanol–water partition coefficient (Wildman–Crippen LogP) is 0.519. The largest absolute Gasteiger partial charge is 0.353 e. The Labute approximate surface area is 68.8 Å². The molecular formula is C5H8ClN3O2. The Morgan fingerprint density at radius 3 is 2.64 bits per heavy atom. The molecule has 62 valence electrons. The van der Waals surface area contributed by atoms with E-state index in [0.717, 1.165) is 0 Å². The number of hydrogen-bond donors (Lipinski definition) is 0. The molecule has 0 N–H and O–H groups in total. The van der Waals surface area contributed by atoms with Gasteiger partial charge < -0.3 is 0 Å². The van der Waals surface area contributed by atoms with Gasteiger partial charge in [0.05, 0.1) is 4.92 Å². The molecule has 1 aliphatic rings. The average Bonchev–Trinajstić information content (AvgIpc) is 2.08. The molecule has 1 heterocycles. The number of nitro groups is 1. The molecule has 0 radical (unpaired) electrons. The Morgan fingerprint density at radius 2 is 2.45 bits per heavy atom. The maximum Gasteiger partial charge on any atom is 0.353 e. The molecule has 5 nitrogen and oxygen atoms in total. The highest BCUT2D eigenvalue weighted by Crippen LogP contribution is 2.24. The summed E-state index contributed by atoms with van der Waals surface area (Å²) in [4.78, 5) is 8.42. The van der Waals surface area contributed by atoms with Crippen LogP contribution in [0.4, 0.5) is 0 Å². The summed E-state index contributed by atoms with van der Waals surface area (Å²) >= 11 is 5.68. The van der Waals surface area contributed by atoms with E-state index in [0.29, 0.717) is 5.71 Å². The minimum atomic E-state index is -1.51. The highest BCUT2D eigenvalue weighted by atomic mass is 35.5. The first-order valence-corrected chi connectivity index (χ1v) is 3.45. The van der Waals surface area contributed by atoms with Gasteiger partial charge in [0.25, 0.3) is 0 Å². The minimum Gasteiger partial charge on any atom is -0.291 e. The first-order valence-electron chi connectivity index (χ1n) is 3.07. The lowest BCUT2D eigenvalue weighted by atomic mass is 10.2. The molecular weight excluding hydrogens is 170 g/mol. The zero-order chi connectivity index (χ0) is 8.65. The quantitative estimate of drug-likeness (QED) is 0.254. The third kappa shape index (κ3) is 1.16. The fourth-order valence-corrected chi connectivity index (χ4v) is 1.19. The van der Waals surface area contributed by atoms with Crippen molar-refractivity contribution in [2.24, 2.45) is 5.10 Å². The van der Waals surface area contributed by atoms with Crippen molar-refractivity contribution < 1.29 is 4.92 Å². The van der Waals surface area contributed by atoms with Gasteiger partial charge in [-0.15, -0.1) is 0 Å². The molecule has 0 amide bonds. The third-order valence-electron chi connectivity index (χ3n) is 1.60. The van der Waals surface area contributed by atoms with Crippen molar-refractivity contribution >= 4 is 17.3 Å². The van der Waals surface area contributed by atoms with Gasteiger partial charge >= 0.3 is 5.00 Å². The Kier molecular flexibility index (Phi) is 1.75. The van der Waals surface area contributed by atoms with Crippen molar-refractivity contribution in [3.05, 3.63) is 10.1 Å². The minimum absolute atomic E-state index is 0.132. The standard InChI is InChI=1S/C5H8ClN3O2/c1-4-5(6,9(10)11)3-8(2)7-4/h3H2,1-2H3.